The molecule has 0 aromatic heterocycles. The van der Waals surface area contributed by atoms with Crippen LogP contribution in [-0.2, 0) is 0 Å². The first-order chi connectivity index (χ1) is 6.38. The molecule has 1 nitrogen and oxygen atoms in total. The molecule has 1 fully saturated rings. The quantitative estimate of drug-likeness (QED) is 0.602. The van der Waals surface area contributed by atoms with Crippen molar-refractivity contribution in [2.75, 3.05) is 13.1 Å². The summed E-state index contributed by atoms with van der Waals surface area (Å²) in [6, 6.07) is 0.744. The van der Waals surface area contributed by atoms with Crippen molar-refractivity contribution in [2.24, 2.45) is 0 Å². The lowest BCUT2D eigenvalue weighted by Crippen LogP contribution is -2.38. The molecule has 76 valence electrons. The predicted octanol–water partition coefficient (Wildman–Crippen LogP) is 3.22. The second-order valence-electron chi connectivity index (χ2n) is 3.94. The van der Waals surface area contributed by atoms with Crippen molar-refractivity contribution in [3.63, 3.8) is 0 Å². The summed E-state index contributed by atoms with van der Waals surface area (Å²) in [5.74, 6) is 0. The fraction of sp³-hybridized carbons (Fsp3) is 0.833. The fourth-order valence-corrected chi connectivity index (χ4v) is 2.09. The average molecular weight is 181 g/mol. The minimum absolute atomic E-state index is 0.744. The third kappa shape index (κ3) is 3.51. The molecule has 0 aromatic rings. The highest BCUT2D eigenvalue weighted by Crippen LogP contribution is 2.18. The van der Waals surface area contributed by atoms with Gasteiger partial charge in [0.2, 0.25) is 0 Å². The predicted molar refractivity (Wildman–Crippen MR) is 58.9 cm³/mol. The summed E-state index contributed by atoms with van der Waals surface area (Å²) in [6.07, 6.45) is 11.4. The van der Waals surface area contributed by atoms with Gasteiger partial charge in [-0.1, -0.05) is 32.4 Å². The number of hydrogen-bond donors (Lipinski definition) is 0. The van der Waals surface area contributed by atoms with Crippen LogP contribution in [0.3, 0.4) is 0 Å². The molecule has 0 aromatic carbocycles. The molecule has 1 aliphatic heterocycles. The van der Waals surface area contributed by atoms with Crippen LogP contribution >= 0.6 is 0 Å². The molecule has 0 radical (unpaired) electrons. The van der Waals surface area contributed by atoms with Gasteiger partial charge in [-0.3, -0.25) is 4.90 Å². The maximum Gasteiger partial charge on any atom is 0.0278 e. The van der Waals surface area contributed by atoms with Gasteiger partial charge in [0.25, 0.3) is 0 Å². The van der Waals surface area contributed by atoms with Gasteiger partial charge in [-0.05, 0) is 38.8 Å². The van der Waals surface area contributed by atoms with E-state index in [2.05, 4.69) is 30.9 Å². The van der Waals surface area contributed by atoms with Gasteiger partial charge in [0.15, 0.2) is 0 Å². The summed E-state index contributed by atoms with van der Waals surface area (Å²) < 4.78 is 0. The first-order valence-corrected chi connectivity index (χ1v) is 5.79. The van der Waals surface area contributed by atoms with E-state index in [0.29, 0.717) is 0 Å². The van der Waals surface area contributed by atoms with E-state index in [-0.39, 0.29) is 0 Å². The van der Waals surface area contributed by atoms with Crippen molar-refractivity contribution in [1.82, 2.24) is 4.90 Å². The minimum atomic E-state index is 0.744. The monoisotopic (exact) mass is 181 g/mol. The van der Waals surface area contributed by atoms with E-state index < -0.39 is 0 Å². The number of hydrogen-bond acceptors (Lipinski definition) is 1. The summed E-state index contributed by atoms with van der Waals surface area (Å²) in [5.41, 5.74) is 0. The van der Waals surface area contributed by atoms with Crippen molar-refractivity contribution >= 4 is 0 Å². The zero-order chi connectivity index (χ0) is 9.52. The van der Waals surface area contributed by atoms with Gasteiger partial charge in [0.1, 0.15) is 0 Å². The van der Waals surface area contributed by atoms with Gasteiger partial charge in [-0.15, -0.1) is 0 Å². The van der Waals surface area contributed by atoms with Crippen LogP contribution in [0.2, 0.25) is 0 Å². The Hall–Kier alpha value is -0.300. The van der Waals surface area contributed by atoms with Crippen LogP contribution in [0.15, 0.2) is 12.2 Å². The van der Waals surface area contributed by atoms with E-state index >= 15 is 0 Å². The number of rotatable bonds is 4. The fourth-order valence-electron chi connectivity index (χ4n) is 2.09. The summed E-state index contributed by atoms with van der Waals surface area (Å²) in [5, 5.41) is 0. The smallest absolute Gasteiger partial charge is 0.0278 e. The lowest BCUT2D eigenvalue weighted by atomic mass is 10.0. The summed E-state index contributed by atoms with van der Waals surface area (Å²) in [4.78, 5) is 2.63. The standard InChI is InChI=1S/C12H23N/c1-3-5-8-12-9-6-7-11-13(12)10-4-2/h5,8,12H,3-4,6-7,9-11H2,1-2H3/b8-5-. The van der Waals surface area contributed by atoms with Crippen LogP contribution in [0.25, 0.3) is 0 Å². The molecule has 0 amide bonds. The van der Waals surface area contributed by atoms with Crippen LogP contribution in [0.1, 0.15) is 46.0 Å². The Labute approximate surface area is 82.8 Å². The van der Waals surface area contributed by atoms with E-state index in [1.165, 1.54) is 45.2 Å². The molecule has 1 unspecified atom stereocenters. The lowest BCUT2D eigenvalue weighted by Gasteiger charge is -2.33. The summed E-state index contributed by atoms with van der Waals surface area (Å²) in [6.45, 7) is 7.07. The van der Waals surface area contributed by atoms with Crippen molar-refractivity contribution in [3.8, 4) is 0 Å². The first kappa shape index (κ1) is 10.8. The Morgan fingerprint density at radius 1 is 1.31 bits per heavy atom. The molecule has 13 heavy (non-hydrogen) atoms. The van der Waals surface area contributed by atoms with Gasteiger partial charge in [0.05, 0.1) is 0 Å². The molecule has 1 heterocycles. The molecule has 1 rings (SSSR count). The van der Waals surface area contributed by atoms with Gasteiger partial charge < -0.3 is 0 Å². The molecular weight excluding hydrogens is 158 g/mol. The minimum Gasteiger partial charge on any atom is -0.297 e. The van der Waals surface area contributed by atoms with Crippen molar-refractivity contribution in [2.45, 2.75) is 52.0 Å². The van der Waals surface area contributed by atoms with E-state index in [9.17, 15) is 0 Å². The molecule has 0 saturated carbocycles. The van der Waals surface area contributed by atoms with Gasteiger partial charge in [0, 0.05) is 6.04 Å². The lowest BCUT2D eigenvalue weighted by molar-refractivity contribution is 0.180. The Balaban J connectivity index is 2.41. The molecule has 1 atom stereocenters. The van der Waals surface area contributed by atoms with Crippen molar-refractivity contribution < 1.29 is 0 Å². The highest BCUT2D eigenvalue weighted by Gasteiger charge is 2.18. The van der Waals surface area contributed by atoms with E-state index in [0.717, 1.165) is 6.04 Å². The Kier molecular flexibility index (Phi) is 5.14. The third-order valence-electron chi connectivity index (χ3n) is 2.77. The van der Waals surface area contributed by atoms with E-state index in [4.69, 9.17) is 0 Å². The Bertz CT molecular complexity index is 149. The van der Waals surface area contributed by atoms with Crippen molar-refractivity contribution in [3.05, 3.63) is 12.2 Å². The summed E-state index contributed by atoms with van der Waals surface area (Å²) in [7, 11) is 0. The zero-order valence-electron chi connectivity index (χ0n) is 9.13. The van der Waals surface area contributed by atoms with E-state index in [1.54, 1.807) is 0 Å². The number of likely N-dealkylation sites (tertiary alicyclic amines) is 1. The zero-order valence-corrected chi connectivity index (χ0v) is 9.13. The van der Waals surface area contributed by atoms with Gasteiger partial charge >= 0.3 is 0 Å². The Morgan fingerprint density at radius 3 is 2.85 bits per heavy atom. The van der Waals surface area contributed by atoms with E-state index in [1.807, 2.05) is 0 Å². The normalized spacial score (nSPS) is 25.5. The Morgan fingerprint density at radius 2 is 2.15 bits per heavy atom. The van der Waals surface area contributed by atoms with Gasteiger partial charge in [-0.25, -0.2) is 0 Å². The number of allylic oxidation sites excluding steroid dienone is 1. The maximum atomic E-state index is 2.63. The second kappa shape index (κ2) is 6.20. The molecule has 0 spiro atoms. The van der Waals surface area contributed by atoms with Crippen LogP contribution in [0.4, 0.5) is 0 Å². The summed E-state index contributed by atoms with van der Waals surface area (Å²) >= 11 is 0. The van der Waals surface area contributed by atoms with Crippen molar-refractivity contribution in [1.29, 1.82) is 0 Å². The SMILES string of the molecule is CC/C=C\C1CCCCN1CCC. The number of nitrogens with zero attached hydrogens (tertiary/aromatic N) is 1. The van der Waals surface area contributed by atoms with Crippen LogP contribution in [-0.4, -0.2) is 24.0 Å². The number of piperidine rings is 1. The first-order valence-electron chi connectivity index (χ1n) is 5.79. The molecular formula is C12H23N. The van der Waals surface area contributed by atoms with Crippen LogP contribution in [0.5, 0.6) is 0 Å². The molecule has 1 aliphatic rings. The molecule has 1 heteroatoms. The second-order valence-corrected chi connectivity index (χ2v) is 3.94. The third-order valence-corrected chi connectivity index (χ3v) is 2.77. The largest absolute Gasteiger partial charge is 0.297 e. The highest BCUT2D eigenvalue weighted by molar-refractivity contribution is 4.95. The van der Waals surface area contributed by atoms with Crippen LogP contribution in [0, 0.1) is 0 Å². The molecule has 0 aliphatic carbocycles. The average Bonchev–Trinajstić information content (AvgIpc) is 2.17. The van der Waals surface area contributed by atoms with Gasteiger partial charge in [-0.2, -0.15) is 0 Å². The highest BCUT2D eigenvalue weighted by atomic mass is 15.2. The van der Waals surface area contributed by atoms with Crippen LogP contribution < -0.4 is 0 Å². The topological polar surface area (TPSA) is 3.24 Å². The molecule has 1 saturated heterocycles. The molecule has 0 bridgehead atoms. The molecule has 0 N–H and O–H groups in total. The maximum absolute atomic E-state index is 2.63.